The van der Waals surface area contributed by atoms with Gasteiger partial charge in [-0.1, -0.05) is 11.6 Å². The highest BCUT2D eigenvalue weighted by Crippen LogP contribution is 2.26. The number of fused-ring (bicyclic) bond motifs is 1. The number of hydrogen-bond acceptors (Lipinski definition) is 3. The fraction of sp³-hybridized carbons (Fsp3) is 0.0625. The number of carbonyl (C=O) groups excluding carboxylic acids is 1. The predicted molar refractivity (Wildman–Crippen MR) is 90.4 cm³/mol. The van der Waals surface area contributed by atoms with Gasteiger partial charge in [-0.15, -0.1) is 0 Å². The van der Waals surface area contributed by atoms with Crippen molar-refractivity contribution in [3.05, 3.63) is 59.3 Å². The Balaban J connectivity index is 1.85. The normalized spacial score (nSPS) is 10.6. The van der Waals surface area contributed by atoms with E-state index in [1.165, 1.54) is 6.07 Å². The van der Waals surface area contributed by atoms with Gasteiger partial charge in [0.05, 0.1) is 17.1 Å². The van der Waals surface area contributed by atoms with E-state index in [4.69, 9.17) is 16.7 Å². The van der Waals surface area contributed by atoms with Gasteiger partial charge in [0.25, 0.3) is 0 Å². The van der Waals surface area contributed by atoms with Gasteiger partial charge in [-0.05, 0) is 24.3 Å². The lowest BCUT2D eigenvalue weighted by Gasteiger charge is -2.12. The zero-order valence-electron chi connectivity index (χ0n) is 12.7. The third-order valence-electron chi connectivity index (χ3n) is 3.52. The quantitative estimate of drug-likeness (QED) is 0.662. The van der Waals surface area contributed by atoms with Crippen LogP contribution in [0.15, 0.2) is 42.9 Å². The van der Waals surface area contributed by atoms with Crippen LogP contribution >= 0.6 is 11.6 Å². The molecule has 0 atom stereocenters. The Kier molecular flexibility index (Phi) is 4.53. The summed E-state index contributed by atoms with van der Waals surface area (Å²) in [5.41, 5.74) is 1.18. The number of imide groups is 1. The Bertz CT molecular complexity index is 950. The molecule has 3 rings (SSSR count). The maximum absolute atomic E-state index is 14.4. The summed E-state index contributed by atoms with van der Waals surface area (Å²) in [5.74, 6) is -0.617. The molecule has 2 aromatic heterocycles. The number of pyridine rings is 1. The summed E-state index contributed by atoms with van der Waals surface area (Å²) in [4.78, 5) is 25.8. The van der Waals surface area contributed by atoms with E-state index < -0.39 is 17.9 Å². The lowest BCUT2D eigenvalue weighted by molar-refractivity contribution is 0.194. The van der Waals surface area contributed by atoms with Crippen molar-refractivity contribution in [2.45, 2.75) is 6.54 Å². The number of nitrogens with one attached hydrogen (secondary N) is 2. The first-order valence-electron chi connectivity index (χ1n) is 7.12. The minimum Gasteiger partial charge on any atom is -0.465 e. The molecule has 3 amide bonds. The van der Waals surface area contributed by atoms with Crippen molar-refractivity contribution >= 4 is 40.3 Å². The molecule has 0 saturated heterocycles. The summed E-state index contributed by atoms with van der Waals surface area (Å²) >= 11 is 6.14. The zero-order chi connectivity index (χ0) is 18.0. The van der Waals surface area contributed by atoms with E-state index in [-0.39, 0.29) is 22.8 Å². The number of carbonyl (C=O) groups is 2. The number of carboxylic acid groups (broad SMARTS) is 1. The van der Waals surface area contributed by atoms with Crippen LogP contribution in [-0.2, 0) is 6.54 Å². The van der Waals surface area contributed by atoms with E-state index >= 15 is 0 Å². The van der Waals surface area contributed by atoms with Crippen LogP contribution in [-0.4, -0.2) is 26.8 Å². The van der Waals surface area contributed by atoms with Gasteiger partial charge in [0.1, 0.15) is 5.82 Å². The third kappa shape index (κ3) is 3.69. The zero-order valence-corrected chi connectivity index (χ0v) is 13.4. The highest BCUT2D eigenvalue weighted by atomic mass is 35.5. The maximum Gasteiger partial charge on any atom is 0.412 e. The summed E-state index contributed by atoms with van der Waals surface area (Å²) in [7, 11) is 0. The van der Waals surface area contributed by atoms with Gasteiger partial charge >= 0.3 is 12.1 Å². The molecule has 0 aliphatic heterocycles. The average molecular weight is 363 g/mol. The number of rotatable bonds is 3. The maximum atomic E-state index is 14.4. The number of nitrogens with zero attached hydrogens (tertiary/aromatic N) is 2. The number of amides is 3. The summed E-state index contributed by atoms with van der Waals surface area (Å²) in [6, 6.07) is 5.11. The van der Waals surface area contributed by atoms with Crippen molar-refractivity contribution in [3.8, 4) is 0 Å². The topological polar surface area (TPSA) is 96.3 Å². The Morgan fingerprint density at radius 1 is 1.32 bits per heavy atom. The van der Waals surface area contributed by atoms with Gasteiger partial charge in [-0.3, -0.25) is 4.98 Å². The molecule has 0 saturated carbocycles. The number of aromatic nitrogens is 2. The largest absolute Gasteiger partial charge is 0.465 e. The molecule has 0 aliphatic rings. The minimum absolute atomic E-state index is 0.0477. The Morgan fingerprint density at radius 3 is 2.84 bits per heavy atom. The van der Waals surface area contributed by atoms with E-state index in [2.05, 4.69) is 10.3 Å². The van der Waals surface area contributed by atoms with E-state index in [9.17, 15) is 14.0 Å². The van der Waals surface area contributed by atoms with Crippen LogP contribution in [0, 0.1) is 5.82 Å². The van der Waals surface area contributed by atoms with E-state index in [1.807, 2.05) is 16.7 Å². The molecule has 0 unspecified atom stereocenters. The summed E-state index contributed by atoms with van der Waals surface area (Å²) in [5, 5.41) is 13.3. The number of halogens is 2. The molecule has 0 fully saturated rings. The van der Waals surface area contributed by atoms with E-state index in [0.717, 1.165) is 17.0 Å². The highest BCUT2D eigenvalue weighted by molar-refractivity contribution is 6.31. The predicted octanol–water partition coefficient (Wildman–Crippen LogP) is 3.68. The van der Waals surface area contributed by atoms with Gasteiger partial charge in [0, 0.05) is 35.2 Å². The number of anilines is 1. The Hall–Kier alpha value is -3.13. The first-order chi connectivity index (χ1) is 11.9. The van der Waals surface area contributed by atoms with Crippen molar-refractivity contribution in [1.82, 2.24) is 14.9 Å². The molecule has 0 bridgehead atoms. The molecule has 0 radical (unpaired) electrons. The molecule has 0 spiro atoms. The van der Waals surface area contributed by atoms with Crippen molar-refractivity contribution in [1.29, 1.82) is 0 Å². The van der Waals surface area contributed by atoms with Crippen LogP contribution in [0.1, 0.15) is 5.56 Å². The molecule has 7 nitrogen and oxygen atoms in total. The van der Waals surface area contributed by atoms with Gasteiger partial charge in [-0.2, -0.15) is 0 Å². The van der Waals surface area contributed by atoms with Crippen molar-refractivity contribution in [3.63, 3.8) is 0 Å². The molecular formula is C16H12ClFN4O3. The molecule has 25 heavy (non-hydrogen) atoms. The number of benzene rings is 1. The van der Waals surface area contributed by atoms with Crippen LogP contribution < -0.4 is 10.6 Å². The van der Waals surface area contributed by atoms with E-state index in [0.29, 0.717) is 0 Å². The summed E-state index contributed by atoms with van der Waals surface area (Å²) in [6.07, 6.45) is 3.63. The highest BCUT2D eigenvalue weighted by Gasteiger charge is 2.14. The van der Waals surface area contributed by atoms with Gasteiger partial charge in [-0.25, -0.2) is 19.3 Å². The first-order valence-corrected chi connectivity index (χ1v) is 7.49. The third-order valence-corrected chi connectivity index (χ3v) is 3.86. The van der Waals surface area contributed by atoms with Crippen LogP contribution in [0.3, 0.4) is 0 Å². The standard InChI is InChI=1S/C16H12ClFN4O3/c17-12-5-10(20-15(23)21-16(24)25)6-13(18)11(12)8-22-4-2-9-7-19-3-1-14(9)22/h1-7H,8H2,(H,24,25)(H2,20,21,23). The van der Waals surface area contributed by atoms with Crippen molar-refractivity contribution in [2.24, 2.45) is 0 Å². The molecule has 3 N–H and O–H groups in total. The Morgan fingerprint density at radius 2 is 2.12 bits per heavy atom. The fourth-order valence-electron chi connectivity index (χ4n) is 2.43. The molecule has 3 aromatic rings. The van der Waals surface area contributed by atoms with Crippen molar-refractivity contribution < 1.29 is 19.1 Å². The molecule has 2 heterocycles. The smallest absolute Gasteiger partial charge is 0.412 e. The molecular weight excluding hydrogens is 351 g/mol. The van der Waals surface area contributed by atoms with Crippen LogP contribution in [0.5, 0.6) is 0 Å². The summed E-state index contributed by atoms with van der Waals surface area (Å²) < 4.78 is 16.2. The minimum atomic E-state index is -1.52. The second kappa shape index (κ2) is 6.78. The molecule has 0 aliphatic carbocycles. The van der Waals surface area contributed by atoms with Gasteiger partial charge < -0.3 is 15.0 Å². The first kappa shape index (κ1) is 16.7. The number of urea groups is 1. The summed E-state index contributed by atoms with van der Waals surface area (Å²) in [6.45, 7) is 0.194. The van der Waals surface area contributed by atoms with Crippen LogP contribution in [0.2, 0.25) is 5.02 Å². The second-order valence-electron chi connectivity index (χ2n) is 5.18. The Labute approximate surface area is 146 Å². The molecule has 128 valence electrons. The lowest BCUT2D eigenvalue weighted by Crippen LogP contribution is -2.33. The average Bonchev–Trinajstić information content (AvgIpc) is 2.93. The van der Waals surface area contributed by atoms with Gasteiger partial charge in [0.15, 0.2) is 0 Å². The second-order valence-corrected chi connectivity index (χ2v) is 5.59. The monoisotopic (exact) mass is 362 g/mol. The molecule has 1 aromatic carbocycles. The van der Waals surface area contributed by atoms with Crippen LogP contribution in [0.4, 0.5) is 19.7 Å². The SMILES string of the molecule is O=C(O)NC(=O)Nc1cc(F)c(Cn2ccc3cnccc32)c(Cl)c1. The van der Waals surface area contributed by atoms with Crippen LogP contribution in [0.25, 0.3) is 10.9 Å². The van der Waals surface area contributed by atoms with Crippen molar-refractivity contribution in [2.75, 3.05) is 5.32 Å². The fourth-order valence-corrected chi connectivity index (χ4v) is 2.70. The van der Waals surface area contributed by atoms with E-state index in [1.54, 1.807) is 23.9 Å². The molecule has 9 heteroatoms. The van der Waals surface area contributed by atoms with Gasteiger partial charge in [0.2, 0.25) is 0 Å². The lowest BCUT2D eigenvalue weighted by atomic mass is 10.2. The number of hydrogen-bond donors (Lipinski definition) is 3.